The Morgan fingerprint density at radius 3 is 2.86 bits per heavy atom. The monoisotopic (exact) mass is 286 g/mol. The molecule has 21 heavy (non-hydrogen) atoms. The Bertz CT molecular complexity index is 635. The summed E-state index contributed by atoms with van der Waals surface area (Å²) in [6, 6.07) is 3.57. The molecule has 6 heteroatoms. The van der Waals surface area contributed by atoms with Gasteiger partial charge in [-0.05, 0) is 18.9 Å². The minimum absolute atomic E-state index is 0.0107. The van der Waals surface area contributed by atoms with Crippen molar-refractivity contribution in [3.05, 3.63) is 41.9 Å². The van der Waals surface area contributed by atoms with Crippen LogP contribution in [0.25, 0.3) is 0 Å². The van der Waals surface area contributed by atoms with Crippen LogP contribution in [0.1, 0.15) is 34.8 Å². The third-order valence-electron chi connectivity index (χ3n) is 3.82. The molecule has 0 N–H and O–H groups in total. The lowest BCUT2D eigenvalue weighted by Gasteiger charge is -2.23. The van der Waals surface area contributed by atoms with E-state index in [1.165, 1.54) is 0 Å². The zero-order chi connectivity index (χ0) is 14.8. The maximum atomic E-state index is 12.7. The SMILES string of the molecule is COc1ccc(C(=O)N2CCC[C@@H]2c2cnn(C)c2)cn1. The summed E-state index contributed by atoms with van der Waals surface area (Å²) in [5.41, 5.74) is 1.68. The largest absolute Gasteiger partial charge is 0.481 e. The van der Waals surface area contributed by atoms with Gasteiger partial charge in [0, 0.05) is 37.6 Å². The average Bonchev–Trinajstić information content (AvgIpc) is 3.15. The minimum atomic E-state index is 0.0107. The van der Waals surface area contributed by atoms with Crippen LogP contribution in [-0.2, 0) is 7.05 Å². The molecule has 2 aromatic heterocycles. The van der Waals surface area contributed by atoms with Crippen LogP contribution < -0.4 is 4.74 Å². The van der Waals surface area contributed by atoms with Gasteiger partial charge in [-0.15, -0.1) is 0 Å². The summed E-state index contributed by atoms with van der Waals surface area (Å²) in [7, 11) is 3.45. The van der Waals surface area contributed by atoms with E-state index in [1.807, 2.05) is 24.3 Å². The number of carbonyl (C=O) groups is 1. The van der Waals surface area contributed by atoms with E-state index in [1.54, 1.807) is 30.1 Å². The third kappa shape index (κ3) is 2.61. The standard InChI is InChI=1S/C15H18N4O2/c1-18-10-12(9-17-18)13-4-3-7-19(13)15(20)11-5-6-14(21-2)16-8-11/h5-6,8-10,13H,3-4,7H2,1-2H3/t13-/m1/s1. The normalized spacial score (nSPS) is 18.0. The summed E-state index contributed by atoms with van der Waals surface area (Å²) in [6.07, 6.45) is 7.36. The zero-order valence-electron chi connectivity index (χ0n) is 12.2. The number of likely N-dealkylation sites (tertiary alicyclic amines) is 1. The molecule has 1 aliphatic heterocycles. The van der Waals surface area contributed by atoms with Gasteiger partial charge in [0.05, 0.1) is 24.9 Å². The quantitative estimate of drug-likeness (QED) is 0.863. The molecule has 1 atom stereocenters. The number of aryl methyl sites for hydroxylation is 1. The Labute approximate surface area is 123 Å². The molecule has 110 valence electrons. The first-order valence-electron chi connectivity index (χ1n) is 6.98. The Kier molecular flexibility index (Phi) is 3.60. The lowest BCUT2D eigenvalue weighted by molar-refractivity contribution is 0.0735. The molecule has 0 aromatic carbocycles. The van der Waals surface area contributed by atoms with Crippen molar-refractivity contribution in [1.29, 1.82) is 0 Å². The van der Waals surface area contributed by atoms with E-state index < -0.39 is 0 Å². The van der Waals surface area contributed by atoms with E-state index in [9.17, 15) is 4.79 Å². The molecule has 2 aromatic rings. The van der Waals surface area contributed by atoms with Crippen molar-refractivity contribution in [3.63, 3.8) is 0 Å². The Morgan fingerprint density at radius 1 is 1.38 bits per heavy atom. The molecular weight excluding hydrogens is 268 g/mol. The first-order chi connectivity index (χ1) is 10.2. The average molecular weight is 286 g/mol. The van der Waals surface area contributed by atoms with Gasteiger partial charge in [-0.1, -0.05) is 0 Å². The fourth-order valence-corrected chi connectivity index (χ4v) is 2.76. The summed E-state index contributed by atoms with van der Waals surface area (Å²) < 4.78 is 6.79. The maximum absolute atomic E-state index is 12.7. The Morgan fingerprint density at radius 2 is 2.24 bits per heavy atom. The Hall–Kier alpha value is -2.37. The molecule has 0 aliphatic carbocycles. The van der Waals surface area contributed by atoms with Crippen LogP contribution in [0.15, 0.2) is 30.7 Å². The number of nitrogens with zero attached hydrogens (tertiary/aromatic N) is 4. The van der Waals surface area contributed by atoms with E-state index in [4.69, 9.17) is 4.74 Å². The second kappa shape index (κ2) is 5.55. The number of hydrogen-bond acceptors (Lipinski definition) is 4. The maximum Gasteiger partial charge on any atom is 0.255 e. The summed E-state index contributed by atoms with van der Waals surface area (Å²) in [4.78, 5) is 18.7. The lowest BCUT2D eigenvalue weighted by Crippen LogP contribution is -2.30. The van der Waals surface area contributed by atoms with Crippen LogP contribution in [0.2, 0.25) is 0 Å². The lowest BCUT2D eigenvalue weighted by atomic mass is 10.1. The van der Waals surface area contributed by atoms with Crippen LogP contribution in [0.3, 0.4) is 0 Å². The highest BCUT2D eigenvalue weighted by Gasteiger charge is 2.31. The van der Waals surface area contributed by atoms with E-state index in [0.29, 0.717) is 11.4 Å². The molecule has 1 amide bonds. The van der Waals surface area contributed by atoms with Crippen molar-refractivity contribution >= 4 is 5.91 Å². The molecular formula is C15H18N4O2. The van der Waals surface area contributed by atoms with Gasteiger partial charge in [0.1, 0.15) is 0 Å². The third-order valence-corrected chi connectivity index (χ3v) is 3.82. The fourth-order valence-electron chi connectivity index (χ4n) is 2.76. The van der Waals surface area contributed by atoms with E-state index in [-0.39, 0.29) is 11.9 Å². The predicted octanol–water partition coefficient (Wildman–Crippen LogP) is 1.80. The molecule has 6 nitrogen and oxygen atoms in total. The van der Waals surface area contributed by atoms with Crippen molar-refractivity contribution in [2.45, 2.75) is 18.9 Å². The van der Waals surface area contributed by atoms with Crippen LogP contribution in [0.4, 0.5) is 0 Å². The van der Waals surface area contributed by atoms with Crippen LogP contribution >= 0.6 is 0 Å². The van der Waals surface area contributed by atoms with Crippen LogP contribution in [-0.4, -0.2) is 39.2 Å². The van der Waals surface area contributed by atoms with Crippen molar-refractivity contribution in [3.8, 4) is 5.88 Å². The Balaban J connectivity index is 1.82. The van der Waals surface area contributed by atoms with Crippen molar-refractivity contribution in [2.75, 3.05) is 13.7 Å². The van der Waals surface area contributed by atoms with Crippen LogP contribution in [0.5, 0.6) is 5.88 Å². The molecule has 1 saturated heterocycles. The van der Waals surface area contributed by atoms with E-state index in [2.05, 4.69) is 10.1 Å². The minimum Gasteiger partial charge on any atom is -0.481 e. The van der Waals surface area contributed by atoms with Gasteiger partial charge in [0.2, 0.25) is 5.88 Å². The molecule has 0 spiro atoms. The summed E-state index contributed by atoms with van der Waals surface area (Å²) in [5.74, 6) is 0.522. The first-order valence-corrected chi connectivity index (χ1v) is 6.98. The van der Waals surface area contributed by atoms with Gasteiger partial charge in [-0.3, -0.25) is 9.48 Å². The highest BCUT2D eigenvalue weighted by atomic mass is 16.5. The second-order valence-corrected chi connectivity index (χ2v) is 5.19. The highest BCUT2D eigenvalue weighted by molar-refractivity contribution is 5.94. The van der Waals surface area contributed by atoms with Crippen molar-refractivity contribution in [2.24, 2.45) is 7.05 Å². The molecule has 3 rings (SSSR count). The number of carbonyl (C=O) groups excluding carboxylic acids is 1. The van der Waals surface area contributed by atoms with Gasteiger partial charge in [-0.25, -0.2) is 4.98 Å². The summed E-state index contributed by atoms with van der Waals surface area (Å²) in [6.45, 7) is 0.768. The molecule has 3 heterocycles. The van der Waals surface area contributed by atoms with Gasteiger partial charge in [-0.2, -0.15) is 5.10 Å². The number of ether oxygens (including phenoxy) is 1. The molecule has 0 radical (unpaired) electrons. The van der Waals surface area contributed by atoms with Gasteiger partial charge < -0.3 is 9.64 Å². The molecule has 0 unspecified atom stereocenters. The van der Waals surface area contributed by atoms with Crippen molar-refractivity contribution < 1.29 is 9.53 Å². The predicted molar refractivity (Wildman–Crippen MR) is 77.0 cm³/mol. The zero-order valence-corrected chi connectivity index (χ0v) is 12.2. The molecule has 0 saturated carbocycles. The molecule has 1 aliphatic rings. The number of methoxy groups -OCH3 is 1. The number of aromatic nitrogens is 3. The van der Waals surface area contributed by atoms with Crippen molar-refractivity contribution in [1.82, 2.24) is 19.7 Å². The number of rotatable bonds is 3. The molecule has 0 bridgehead atoms. The molecule has 1 fully saturated rings. The van der Waals surface area contributed by atoms with E-state index in [0.717, 1.165) is 24.9 Å². The van der Waals surface area contributed by atoms with Crippen LogP contribution in [0, 0.1) is 0 Å². The first kappa shape index (κ1) is 13.6. The number of hydrogen-bond donors (Lipinski definition) is 0. The fraction of sp³-hybridized carbons (Fsp3) is 0.400. The summed E-state index contributed by atoms with van der Waals surface area (Å²) in [5, 5.41) is 4.20. The number of pyridine rings is 1. The van der Waals surface area contributed by atoms with Gasteiger partial charge >= 0.3 is 0 Å². The van der Waals surface area contributed by atoms with Gasteiger partial charge in [0.25, 0.3) is 5.91 Å². The second-order valence-electron chi connectivity index (χ2n) is 5.19. The highest BCUT2D eigenvalue weighted by Crippen LogP contribution is 2.32. The smallest absolute Gasteiger partial charge is 0.255 e. The summed E-state index contributed by atoms with van der Waals surface area (Å²) >= 11 is 0. The topological polar surface area (TPSA) is 60.2 Å². The van der Waals surface area contributed by atoms with Gasteiger partial charge in [0.15, 0.2) is 0 Å². The number of amides is 1. The van der Waals surface area contributed by atoms with E-state index >= 15 is 0 Å².